The summed E-state index contributed by atoms with van der Waals surface area (Å²) in [5, 5.41) is 16.6. The van der Waals surface area contributed by atoms with E-state index in [1.165, 1.54) is 18.2 Å². The first kappa shape index (κ1) is 24.7. The number of nitrogens with zero attached hydrogens (tertiary/aromatic N) is 2. The highest BCUT2D eigenvalue weighted by molar-refractivity contribution is 7.80. The van der Waals surface area contributed by atoms with E-state index in [4.69, 9.17) is 25.8 Å². The van der Waals surface area contributed by atoms with Gasteiger partial charge in [-0.3, -0.25) is 20.2 Å². The highest BCUT2D eigenvalue weighted by atomic mass is 32.1. The molecule has 0 aliphatic carbocycles. The molecular formula is C27H20N4O6S. The van der Waals surface area contributed by atoms with Crippen LogP contribution in [0.5, 0.6) is 5.75 Å². The molecule has 0 radical (unpaired) electrons. The van der Waals surface area contributed by atoms with Gasteiger partial charge in [-0.1, -0.05) is 12.1 Å². The second-order valence-electron chi connectivity index (χ2n) is 8.04. The summed E-state index contributed by atoms with van der Waals surface area (Å²) in [5.74, 6) is 0.984. The van der Waals surface area contributed by atoms with Crippen molar-refractivity contribution in [2.45, 2.75) is 6.92 Å². The molecule has 0 unspecified atom stereocenters. The van der Waals surface area contributed by atoms with E-state index in [9.17, 15) is 14.9 Å². The predicted molar refractivity (Wildman–Crippen MR) is 145 cm³/mol. The maximum Gasteiger partial charge on any atom is 0.293 e. The van der Waals surface area contributed by atoms with Crippen LogP contribution in [0, 0.1) is 10.1 Å². The number of anilines is 1. The Hall–Kier alpha value is -5.03. The molecule has 2 aromatic heterocycles. The van der Waals surface area contributed by atoms with Crippen LogP contribution in [-0.4, -0.2) is 27.5 Å². The summed E-state index contributed by atoms with van der Waals surface area (Å²) in [5.41, 5.74) is 3.02. The lowest BCUT2D eigenvalue weighted by molar-refractivity contribution is -0.384. The number of carbonyl (C=O) groups excluding carboxylic acids is 1. The van der Waals surface area contributed by atoms with E-state index in [1.807, 2.05) is 31.2 Å². The van der Waals surface area contributed by atoms with Crippen LogP contribution in [-0.2, 0) is 0 Å². The molecule has 3 aromatic carbocycles. The van der Waals surface area contributed by atoms with E-state index in [-0.39, 0.29) is 16.6 Å². The lowest BCUT2D eigenvalue weighted by Gasteiger charge is -2.08. The molecule has 0 atom stereocenters. The number of oxazole rings is 1. The highest BCUT2D eigenvalue weighted by Gasteiger charge is 2.16. The average Bonchev–Trinajstić information content (AvgIpc) is 3.57. The number of hydrogen-bond donors (Lipinski definition) is 2. The van der Waals surface area contributed by atoms with Gasteiger partial charge in [-0.15, -0.1) is 0 Å². The molecule has 1 amide bonds. The third-order valence-corrected chi connectivity index (χ3v) is 5.66. The Morgan fingerprint density at radius 3 is 2.61 bits per heavy atom. The lowest BCUT2D eigenvalue weighted by Crippen LogP contribution is -2.33. The standard InChI is InChI=1S/C27H20N4O6S/c1-2-35-20-9-6-16(7-10-20)26-29-21-15-18(8-11-23(21)37-26)28-27(38)30-25(32)24-13-12-22(36-24)17-4-3-5-19(14-17)31(33)34/h3-15H,2H2,1H3,(H2,28,30,32,38). The maximum atomic E-state index is 12.6. The van der Waals surface area contributed by atoms with E-state index in [2.05, 4.69) is 15.6 Å². The minimum atomic E-state index is -0.570. The van der Waals surface area contributed by atoms with E-state index < -0.39 is 10.8 Å². The van der Waals surface area contributed by atoms with Gasteiger partial charge < -0.3 is 18.9 Å². The first-order valence-electron chi connectivity index (χ1n) is 11.5. The van der Waals surface area contributed by atoms with Gasteiger partial charge >= 0.3 is 0 Å². The molecular weight excluding hydrogens is 508 g/mol. The summed E-state index contributed by atoms with van der Waals surface area (Å²) in [6, 6.07) is 21.7. The van der Waals surface area contributed by atoms with Gasteiger partial charge in [0.2, 0.25) is 5.89 Å². The molecule has 0 aliphatic heterocycles. The number of rotatable bonds is 7. The van der Waals surface area contributed by atoms with E-state index >= 15 is 0 Å². The van der Waals surface area contributed by atoms with Crippen molar-refractivity contribution in [2.75, 3.05) is 11.9 Å². The van der Waals surface area contributed by atoms with Crippen LogP contribution in [0.2, 0.25) is 0 Å². The summed E-state index contributed by atoms with van der Waals surface area (Å²) in [6.07, 6.45) is 0. The van der Waals surface area contributed by atoms with Crippen LogP contribution in [0.3, 0.4) is 0 Å². The molecule has 5 rings (SSSR count). The molecule has 5 aromatic rings. The zero-order valence-electron chi connectivity index (χ0n) is 20.0. The predicted octanol–water partition coefficient (Wildman–Crippen LogP) is 6.19. The summed E-state index contributed by atoms with van der Waals surface area (Å²) < 4.78 is 16.9. The number of nitro groups is 1. The van der Waals surface area contributed by atoms with Crippen molar-refractivity contribution in [2.24, 2.45) is 0 Å². The van der Waals surface area contributed by atoms with Crippen molar-refractivity contribution in [3.05, 3.63) is 94.7 Å². The molecule has 11 heteroatoms. The SMILES string of the molecule is CCOc1ccc(-c2nc3cc(NC(=S)NC(=O)c4ccc(-c5cccc([N+](=O)[O-])c5)o4)ccc3o2)cc1. The van der Waals surface area contributed by atoms with Crippen molar-refractivity contribution < 1.29 is 23.3 Å². The minimum Gasteiger partial charge on any atom is -0.494 e. The van der Waals surface area contributed by atoms with E-state index in [0.29, 0.717) is 40.6 Å². The van der Waals surface area contributed by atoms with Gasteiger partial charge in [-0.05, 0) is 73.7 Å². The number of nitrogens with one attached hydrogen (secondary N) is 2. The molecule has 0 saturated carbocycles. The molecule has 38 heavy (non-hydrogen) atoms. The number of thiocarbonyl (C=S) groups is 1. The topological polar surface area (TPSA) is 133 Å². The van der Waals surface area contributed by atoms with Gasteiger partial charge in [-0.2, -0.15) is 0 Å². The first-order chi connectivity index (χ1) is 18.4. The number of non-ortho nitro benzene ring substituents is 1. The van der Waals surface area contributed by atoms with E-state index in [1.54, 1.807) is 36.4 Å². The van der Waals surface area contributed by atoms with Gasteiger partial charge in [-0.25, -0.2) is 4.98 Å². The molecule has 10 nitrogen and oxygen atoms in total. The molecule has 0 spiro atoms. The average molecular weight is 529 g/mol. The number of aromatic nitrogens is 1. The quantitative estimate of drug-likeness (QED) is 0.144. The zero-order chi connectivity index (χ0) is 26.6. The van der Waals surface area contributed by atoms with Crippen molar-refractivity contribution in [1.82, 2.24) is 10.3 Å². The Labute approximate surface area is 221 Å². The fourth-order valence-electron chi connectivity index (χ4n) is 3.70. The fraction of sp³-hybridized carbons (Fsp3) is 0.0741. The Morgan fingerprint density at radius 2 is 1.84 bits per heavy atom. The Morgan fingerprint density at radius 1 is 1.03 bits per heavy atom. The Kier molecular flexibility index (Phi) is 6.83. The van der Waals surface area contributed by atoms with Crippen molar-refractivity contribution in [1.29, 1.82) is 0 Å². The summed E-state index contributed by atoms with van der Waals surface area (Å²) >= 11 is 5.28. The number of furan rings is 1. The van der Waals surface area contributed by atoms with Crippen LogP contribution in [0.1, 0.15) is 17.5 Å². The van der Waals surface area contributed by atoms with Crippen LogP contribution in [0.25, 0.3) is 33.9 Å². The van der Waals surface area contributed by atoms with E-state index in [0.717, 1.165) is 11.3 Å². The number of fused-ring (bicyclic) bond motifs is 1. The summed E-state index contributed by atoms with van der Waals surface area (Å²) in [6.45, 7) is 2.51. The number of amides is 1. The number of hydrogen-bond acceptors (Lipinski definition) is 8. The van der Waals surface area contributed by atoms with Crippen molar-refractivity contribution in [3.8, 4) is 28.5 Å². The zero-order valence-corrected chi connectivity index (χ0v) is 20.8. The van der Waals surface area contributed by atoms with Crippen LogP contribution < -0.4 is 15.4 Å². The second kappa shape index (κ2) is 10.5. The molecule has 2 N–H and O–H groups in total. The first-order valence-corrected chi connectivity index (χ1v) is 11.9. The molecule has 0 bridgehead atoms. The largest absolute Gasteiger partial charge is 0.494 e. The van der Waals surface area contributed by atoms with Gasteiger partial charge in [0, 0.05) is 28.9 Å². The van der Waals surface area contributed by atoms with Crippen molar-refractivity contribution >= 4 is 45.7 Å². The molecule has 0 saturated heterocycles. The number of nitro benzene ring substituents is 1. The number of ether oxygens (including phenoxy) is 1. The lowest BCUT2D eigenvalue weighted by atomic mass is 10.1. The minimum absolute atomic E-state index is 0.00241. The maximum absolute atomic E-state index is 12.6. The molecule has 190 valence electrons. The van der Waals surface area contributed by atoms with Gasteiger partial charge in [0.25, 0.3) is 11.6 Å². The van der Waals surface area contributed by atoms with Crippen molar-refractivity contribution in [3.63, 3.8) is 0 Å². The summed E-state index contributed by atoms with van der Waals surface area (Å²) in [4.78, 5) is 27.7. The number of carbonyl (C=O) groups is 1. The fourth-order valence-corrected chi connectivity index (χ4v) is 3.91. The van der Waals surface area contributed by atoms with Crippen LogP contribution in [0.4, 0.5) is 11.4 Å². The van der Waals surface area contributed by atoms with Crippen LogP contribution in [0.15, 0.2) is 87.7 Å². The smallest absolute Gasteiger partial charge is 0.293 e. The van der Waals surface area contributed by atoms with Gasteiger partial charge in [0.1, 0.15) is 17.0 Å². The van der Waals surface area contributed by atoms with Gasteiger partial charge in [0.15, 0.2) is 16.5 Å². The second-order valence-corrected chi connectivity index (χ2v) is 8.45. The Bertz CT molecular complexity index is 1660. The van der Waals surface area contributed by atoms with Crippen LogP contribution >= 0.6 is 12.2 Å². The molecule has 0 fully saturated rings. The summed E-state index contributed by atoms with van der Waals surface area (Å²) in [7, 11) is 0. The number of benzene rings is 3. The molecule has 0 aliphatic rings. The Balaban J connectivity index is 1.24. The van der Waals surface area contributed by atoms with Gasteiger partial charge in [0.05, 0.1) is 11.5 Å². The third-order valence-electron chi connectivity index (χ3n) is 5.46. The normalized spacial score (nSPS) is 10.8. The third kappa shape index (κ3) is 5.37. The monoisotopic (exact) mass is 528 g/mol. The highest BCUT2D eigenvalue weighted by Crippen LogP contribution is 2.28. The molecule has 2 heterocycles.